The molecule has 206 valence electrons. The molecule has 3 atom stereocenters. The van der Waals surface area contributed by atoms with E-state index in [1.165, 1.54) is 33.1 Å². The Morgan fingerprint density at radius 3 is 2.54 bits per heavy atom. The number of hydrogen-bond acceptors (Lipinski definition) is 9. The van der Waals surface area contributed by atoms with E-state index in [0.29, 0.717) is 65.6 Å². The lowest BCUT2D eigenvalue weighted by Crippen LogP contribution is -2.29. The average molecular weight is 572 g/mol. The first kappa shape index (κ1) is 27.4. The highest BCUT2D eigenvalue weighted by Crippen LogP contribution is 2.46. The quantitative estimate of drug-likeness (QED) is 0.276. The van der Waals surface area contributed by atoms with E-state index in [1.807, 2.05) is 6.07 Å². The number of halogens is 2. The van der Waals surface area contributed by atoms with E-state index < -0.39 is 0 Å². The van der Waals surface area contributed by atoms with Crippen molar-refractivity contribution in [1.29, 1.82) is 0 Å². The number of pyridine rings is 1. The molecule has 1 saturated carbocycles. The molecule has 2 N–H and O–H groups in total. The largest absolute Gasteiger partial charge is 0.495 e. The topological polar surface area (TPSA) is 107 Å². The number of ketones is 1. The van der Waals surface area contributed by atoms with Crippen LogP contribution in [-0.4, -0.2) is 60.3 Å². The van der Waals surface area contributed by atoms with Gasteiger partial charge in [-0.15, -0.1) is 0 Å². The van der Waals surface area contributed by atoms with Gasteiger partial charge in [-0.25, -0.2) is 15.0 Å². The predicted octanol–water partition coefficient (Wildman–Crippen LogP) is 5.80. The van der Waals surface area contributed by atoms with E-state index in [4.69, 9.17) is 47.4 Å². The molecule has 1 aliphatic heterocycles. The minimum atomic E-state index is -0.0531. The van der Waals surface area contributed by atoms with Crippen molar-refractivity contribution in [2.24, 2.45) is 11.8 Å². The second-order valence-electron chi connectivity index (χ2n) is 9.96. The van der Waals surface area contributed by atoms with Crippen LogP contribution >= 0.6 is 23.2 Å². The van der Waals surface area contributed by atoms with E-state index >= 15 is 0 Å². The van der Waals surface area contributed by atoms with Crippen molar-refractivity contribution in [3.05, 3.63) is 41.0 Å². The first-order valence-corrected chi connectivity index (χ1v) is 13.6. The van der Waals surface area contributed by atoms with Crippen LogP contribution in [0.15, 0.2) is 31.0 Å². The maximum absolute atomic E-state index is 11.9. The summed E-state index contributed by atoms with van der Waals surface area (Å²) in [5.41, 5.74) is 1.03. The SMILES string of the molecule is C=CC(=O)C[C@H]1COC[C@H]1Nc1cc2c(N[C@@H](C)C3CC3)nc(-c3c(Cl)c(OC)cc(OC)c3Cl)nc2cn1. The summed E-state index contributed by atoms with van der Waals surface area (Å²) in [5, 5.41) is 8.39. The summed E-state index contributed by atoms with van der Waals surface area (Å²) < 4.78 is 16.5. The molecule has 2 aliphatic rings. The minimum absolute atomic E-state index is 0.00301. The number of rotatable bonds is 11. The molecule has 0 spiro atoms. The van der Waals surface area contributed by atoms with E-state index in [-0.39, 0.29) is 33.8 Å². The van der Waals surface area contributed by atoms with Crippen molar-refractivity contribution in [3.8, 4) is 22.9 Å². The highest BCUT2D eigenvalue weighted by molar-refractivity contribution is 6.41. The molecule has 3 aromatic rings. The summed E-state index contributed by atoms with van der Waals surface area (Å²) in [5.74, 6) is 3.04. The van der Waals surface area contributed by atoms with Crippen LogP contribution in [0.3, 0.4) is 0 Å². The zero-order valence-electron chi connectivity index (χ0n) is 22.1. The molecule has 1 saturated heterocycles. The molecule has 1 aliphatic carbocycles. The number of benzene rings is 1. The van der Waals surface area contributed by atoms with E-state index in [2.05, 4.69) is 29.1 Å². The van der Waals surface area contributed by atoms with Crippen LogP contribution in [0.25, 0.3) is 22.3 Å². The molecular weight excluding hydrogens is 541 g/mol. The molecule has 1 aromatic carbocycles. The number of ether oxygens (including phenoxy) is 3. The molecule has 0 radical (unpaired) electrons. The zero-order valence-corrected chi connectivity index (χ0v) is 23.6. The first-order chi connectivity index (χ1) is 18.8. The summed E-state index contributed by atoms with van der Waals surface area (Å²) in [6.45, 7) is 6.73. The van der Waals surface area contributed by atoms with E-state index in [9.17, 15) is 4.79 Å². The number of hydrogen-bond donors (Lipinski definition) is 2. The van der Waals surface area contributed by atoms with Gasteiger partial charge in [-0.05, 0) is 37.8 Å². The van der Waals surface area contributed by atoms with Crippen molar-refractivity contribution < 1.29 is 19.0 Å². The summed E-state index contributed by atoms with van der Waals surface area (Å²) in [7, 11) is 3.05. The Bertz CT molecular complexity index is 1390. The second-order valence-corrected chi connectivity index (χ2v) is 10.7. The number of nitrogens with zero attached hydrogens (tertiary/aromatic N) is 3. The van der Waals surface area contributed by atoms with Gasteiger partial charge in [0.2, 0.25) is 0 Å². The zero-order chi connectivity index (χ0) is 27.7. The Labute approximate surface area is 237 Å². The van der Waals surface area contributed by atoms with Crippen molar-refractivity contribution in [2.75, 3.05) is 38.1 Å². The molecule has 9 nitrogen and oxygen atoms in total. The second kappa shape index (κ2) is 11.5. The van der Waals surface area contributed by atoms with E-state index in [1.54, 1.807) is 12.3 Å². The molecule has 3 heterocycles. The number of carbonyl (C=O) groups excluding carboxylic acids is 1. The summed E-state index contributed by atoms with van der Waals surface area (Å²) >= 11 is 13.4. The summed E-state index contributed by atoms with van der Waals surface area (Å²) in [4.78, 5) is 26.2. The van der Waals surface area contributed by atoms with Crippen molar-refractivity contribution in [1.82, 2.24) is 15.0 Å². The van der Waals surface area contributed by atoms with Crippen molar-refractivity contribution >= 4 is 51.5 Å². The number of aromatic nitrogens is 3. The number of anilines is 2. The monoisotopic (exact) mass is 571 g/mol. The van der Waals surface area contributed by atoms with E-state index in [0.717, 1.165) is 5.39 Å². The predicted molar refractivity (Wildman–Crippen MR) is 153 cm³/mol. The molecule has 11 heteroatoms. The number of methoxy groups -OCH3 is 2. The van der Waals surface area contributed by atoms with Crippen LogP contribution in [0.5, 0.6) is 11.5 Å². The van der Waals surface area contributed by atoms with Crippen LogP contribution < -0.4 is 20.1 Å². The Kier molecular flexibility index (Phi) is 8.11. The van der Waals surface area contributed by atoms with Crippen LogP contribution in [0.1, 0.15) is 26.2 Å². The molecule has 39 heavy (non-hydrogen) atoms. The summed E-state index contributed by atoms with van der Waals surface area (Å²) in [6.07, 6.45) is 5.77. The summed E-state index contributed by atoms with van der Waals surface area (Å²) in [6, 6.07) is 3.71. The Hall–Kier alpha value is -3.14. The molecule has 0 bridgehead atoms. The molecule has 0 unspecified atom stereocenters. The molecule has 5 rings (SSSR count). The average Bonchev–Trinajstić information content (AvgIpc) is 3.70. The third-order valence-electron chi connectivity index (χ3n) is 7.30. The van der Waals surface area contributed by atoms with Gasteiger partial charge in [-0.2, -0.15) is 0 Å². The number of nitrogens with one attached hydrogen (secondary N) is 2. The maximum Gasteiger partial charge on any atom is 0.165 e. The van der Waals surface area contributed by atoms with Crippen LogP contribution in [0, 0.1) is 11.8 Å². The lowest BCUT2D eigenvalue weighted by molar-refractivity contribution is -0.115. The van der Waals surface area contributed by atoms with Gasteiger partial charge in [-0.3, -0.25) is 4.79 Å². The fraction of sp³-hybridized carbons (Fsp3) is 0.429. The third-order valence-corrected chi connectivity index (χ3v) is 8.05. The van der Waals surface area contributed by atoms with Gasteiger partial charge in [-0.1, -0.05) is 29.8 Å². The highest BCUT2D eigenvalue weighted by Gasteiger charge is 2.31. The normalized spacial score (nSPS) is 19.5. The van der Waals surface area contributed by atoms with Gasteiger partial charge < -0.3 is 24.8 Å². The standard InChI is InChI=1S/C28H31Cl2N5O4/c1-5-17(36)8-16-12-39-13-20(16)33-23-9-18-19(11-31-23)34-28(35-27(18)32-14(2)15-6-7-15)24-25(29)21(37-3)10-22(38-4)26(24)30/h5,9-11,14-16,20H,1,6-8,12-13H2,2-4H3,(H,31,33)(H,32,34,35)/t14-,16-,20+/m0/s1. The number of carbonyl (C=O) groups is 1. The Morgan fingerprint density at radius 2 is 1.90 bits per heavy atom. The van der Waals surface area contributed by atoms with Gasteiger partial charge >= 0.3 is 0 Å². The van der Waals surface area contributed by atoms with Crippen molar-refractivity contribution in [2.45, 2.75) is 38.3 Å². The Morgan fingerprint density at radius 1 is 1.18 bits per heavy atom. The smallest absolute Gasteiger partial charge is 0.165 e. The van der Waals surface area contributed by atoms with Gasteiger partial charge in [0.15, 0.2) is 11.6 Å². The van der Waals surface area contributed by atoms with Crippen LogP contribution in [0.4, 0.5) is 11.6 Å². The Balaban J connectivity index is 1.56. The van der Waals surface area contributed by atoms with Crippen molar-refractivity contribution in [3.63, 3.8) is 0 Å². The molecule has 2 aromatic heterocycles. The number of allylic oxidation sites excluding steroid dienone is 1. The fourth-order valence-corrected chi connectivity index (χ4v) is 5.51. The lowest BCUT2D eigenvalue weighted by Gasteiger charge is -2.20. The van der Waals surface area contributed by atoms with Crippen LogP contribution in [-0.2, 0) is 9.53 Å². The highest BCUT2D eigenvalue weighted by atomic mass is 35.5. The van der Waals surface area contributed by atoms with Gasteiger partial charge in [0.05, 0.1) is 60.8 Å². The molecule has 0 amide bonds. The fourth-order valence-electron chi connectivity index (χ4n) is 4.84. The minimum Gasteiger partial charge on any atom is -0.495 e. The maximum atomic E-state index is 11.9. The first-order valence-electron chi connectivity index (χ1n) is 12.9. The number of fused-ring (bicyclic) bond motifs is 1. The lowest BCUT2D eigenvalue weighted by atomic mass is 9.97. The third kappa shape index (κ3) is 5.76. The van der Waals surface area contributed by atoms with Gasteiger partial charge in [0.25, 0.3) is 0 Å². The molecular formula is C28H31Cl2N5O4. The molecule has 2 fully saturated rings. The van der Waals surface area contributed by atoms with Gasteiger partial charge in [0.1, 0.15) is 23.1 Å². The van der Waals surface area contributed by atoms with Crippen LogP contribution in [0.2, 0.25) is 10.0 Å². The van der Waals surface area contributed by atoms with Gasteiger partial charge in [0, 0.05) is 29.8 Å².